The molecule has 0 radical (unpaired) electrons. The van der Waals surface area contributed by atoms with Crippen LogP contribution < -0.4 is 5.32 Å². The smallest absolute Gasteiger partial charge is 0.317 e. The number of halogens is 2. The molecule has 1 aliphatic heterocycles. The largest absolute Gasteiger partial charge is 0.338 e. The number of rotatable bonds is 3. The second-order valence-electron chi connectivity index (χ2n) is 5.14. The first-order valence-electron chi connectivity index (χ1n) is 7.30. The van der Waals surface area contributed by atoms with Crippen molar-refractivity contribution in [3.05, 3.63) is 35.4 Å². The molecule has 1 aromatic rings. The Labute approximate surface area is 127 Å². The van der Waals surface area contributed by atoms with Gasteiger partial charge in [0.1, 0.15) is 11.6 Å². The van der Waals surface area contributed by atoms with Crippen molar-refractivity contribution in [2.24, 2.45) is 0 Å². The van der Waals surface area contributed by atoms with Gasteiger partial charge in [-0.3, -0.25) is 4.79 Å². The van der Waals surface area contributed by atoms with E-state index in [1.165, 1.54) is 4.90 Å². The summed E-state index contributed by atoms with van der Waals surface area (Å²) in [5.74, 6) is -2.06. The summed E-state index contributed by atoms with van der Waals surface area (Å²) in [4.78, 5) is 27.1. The lowest BCUT2D eigenvalue weighted by atomic mass is 10.1. The van der Waals surface area contributed by atoms with Gasteiger partial charge in [0.15, 0.2) is 0 Å². The van der Waals surface area contributed by atoms with Crippen LogP contribution in [0.4, 0.5) is 13.6 Å². The lowest BCUT2D eigenvalue weighted by Gasteiger charge is -2.34. The number of carbonyl (C=O) groups is 2. The Balaban J connectivity index is 1.93. The predicted molar refractivity (Wildman–Crippen MR) is 77.5 cm³/mol. The first-order chi connectivity index (χ1) is 10.5. The minimum atomic E-state index is -0.867. The molecule has 22 heavy (non-hydrogen) atoms. The average Bonchev–Trinajstić information content (AvgIpc) is 2.52. The molecule has 0 aliphatic carbocycles. The van der Waals surface area contributed by atoms with E-state index >= 15 is 0 Å². The number of nitrogens with zero attached hydrogens (tertiary/aromatic N) is 2. The van der Waals surface area contributed by atoms with E-state index in [1.54, 1.807) is 4.90 Å². The Morgan fingerprint density at radius 3 is 2.36 bits per heavy atom. The van der Waals surface area contributed by atoms with Gasteiger partial charge in [0.2, 0.25) is 0 Å². The van der Waals surface area contributed by atoms with E-state index in [1.807, 2.05) is 6.92 Å². The van der Waals surface area contributed by atoms with Crippen LogP contribution in [0.5, 0.6) is 0 Å². The summed E-state index contributed by atoms with van der Waals surface area (Å²) in [6, 6.07) is 2.75. The highest BCUT2D eigenvalue weighted by Crippen LogP contribution is 2.14. The fourth-order valence-corrected chi connectivity index (χ4v) is 2.29. The Bertz CT molecular complexity index is 558. The molecule has 1 fully saturated rings. The number of carbonyl (C=O) groups excluding carboxylic acids is 2. The first kappa shape index (κ1) is 16.2. The monoisotopic (exact) mass is 311 g/mol. The molecule has 0 saturated carbocycles. The maximum atomic E-state index is 13.6. The van der Waals surface area contributed by atoms with Crippen molar-refractivity contribution < 1.29 is 18.4 Å². The third kappa shape index (κ3) is 3.72. The van der Waals surface area contributed by atoms with Gasteiger partial charge >= 0.3 is 6.03 Å². The first-order valence-corrected chi connectivity index (χ1v) is 7.30. The molecule has 1 aromatic carbocycles. The molecule has 0 bridgehead atoms. The normalized spacial score (nSPS) is 14.9. The topological polar surface area (TPSA) is 52.7 Å². The zero-order valence-corrected chi connectivity index (χ0v) is 12.4. The number of piperazine rings is 1. The van der Waals surface area contributed by atoms with Gasteiger partial charge in [-0.15, -0.1) is 0 Å². The van der Waals surface area contributed by atoms with Crippen LogP contribution in [0, 0.1) is 11.6 Å². The molecule has 0 spiro atoms. The van der Waals surface area contributed by atoms with Crippen LogP contribution in [-0.4, -0.2) is 54.5 Å². The van der Waals surface area contributed by atoms with E-state index in [0.717, 1.165) is 18.6 Å². The second-order valence-corrected chi connectivity index (χ2v) is 5.14. The molecule has 1 heterocycles. The minimum absolute atomic E-state index is 0.148. The van der Waals surface area contributed by atoms with E-state index in [2.05, 4.69) is 5.32 Å². The lowest BCUT2D eigenvalue weighted by Crippen LogP contribution is -2.53. The molecule has 0 atom stereocenters. The third-order valence-electron chi connectivity index (χ3n) is 3.54. The Kier molecular flexibility index (Phi) is 5.30. The predicted octanol–water partition coefficient (Wildman–Crippen LogP) is 1.84. The second kappa shape index (κ2) is 7.20. The number of nitrogens with one attached hydrogen (secondary N) is 1. The molecule has 7 heteroatoms. The van der Waals surface area contributed by atoms with Crippen molar-refractivity contribution in [1.82, 2.24) is 15.1 Å². The van der Waals surface area contributed by atoms with E-state index in [0.29, 0.717) is 38.8 Å². The molecule has 0 aromatic heterocycles. The molecule has 1 saturated heterocycles. The molecule has 120 valence electrons. The summed E-state index contributed by atoms with van der Waals surface area (Å²) in [5, 5.41) is 2.78. The van der Waals surface area contributed by atoms with Crippen molar-refractivity contribution in [1.29, 1.82) is 0 Å². The summed E-state index contributed by atoms with van der Waals surface area (Å²) in [6.07, 6.45) is 0.855. The molecule has 1 aliphatic rings. The van der Waals surface area contributed by atoms with Crippen molar-refractivity contribution in [2.75, 3.05) is 32.7 Å². The van der Waals surface area contributed by atoms with Crippen LogP contribution >= 0.6 is 0 Å². The van der Waals surface area contributed by atoms with Gasteiger partial charge in [-0.05, 0) is 18.6 Å². The van der Waals surface area contributed by atoms with Crippen molar-refractivity contribution in [2.45, 2.75) is 13.3 Å². The van der Waals surface area contributed by atoms with Crippen LogP contribution in [0.3, 0.4) is 0 Å². The molecule has 0 unspecified atom stereocenters. The van der Waals surface area contributed by atoms with Crippen LogP contribution in [0.25, 0.3) is 0 Å². The fraction of sp³-hybridized carbons (Fsp3) is 0.467. The van der Waals surface area contributed by atoms with Crippen LogP contribution in [-0.2, 0) is 0 Å². The summed E-state index contributed by atoms with van der Waals surface area (Å²) < 4.78 is 26.5. The minimum Gasteiger partial charge on any atom is -0.338 e. The zero-order chi connectivity index (χ0) is 16.1. The third-order valence-corrected chi connectivity index (χ3v) is 3.54. The van der Waals surface area contributed by atoms with Crippen molar-refractivity contribution in [3.63, 3.8) is 0 Å². The molecule has 2 rings (SSSR count). The van der Waals surface area contributed by atoms with Gasteiger partial charge in [0, 0.05) is 38.8 Å². The van der Waals surface area contributed by atoms with Gasteiger partial charge in [-0.1, -0.05) is 6.92 Å². The summed E-state index contributed by atoms with van der Waals surface area (Å²) in [6.45, 7) is 4.02. The maximum absolute atomic E-state index is 13.6. The molecular weight excluding hydrogens is 292 g/mol. The van der Waals surface area contributed by atoms with E-state index in [4.69, 9.17) is 0 Å². The van der Waals surface area contributed by atoms with Crippen LogP contribution in [0.2, 0.25) is 0 Å². The van der Waals surface area contributed by atoms with Crippen molar-refractivity contribution in [3.8, 4) is 0 Å². The van der Waals surface area contributed by atoms with Gasteiger partial charge in [-0.2, -0.15) is 0 Å². The number of amides is 3. The maximum Gasteiger partial charge on any atom is 0.317 e. The SMILES string of the molecule is CCCNC(=O)N1CCN(C(=O)c2ccc(F)cc2F)CC1. The standard InChI is InChI=1S/C15H19F2N3O2/c1-2-5-18-15(22)20-8-6-19(7-9-20)14(21)12-4-3-11(16)10-13(12)17/h3-4,10H,2,5-9H2,1H3,(H,18,22). The fourth-order valence-electron chi connectivity index (χ4n) is 2.29. The average molecular weight is 311 g/mol. The van der Waals surface area contributed by atoms with Gasteiger partial charge in [0.25, 0.3) is 5.91 Å². The number of hydrogen-bond acceptors (Lipinski definition) is 2. The number of urea groups is 1. The van der Waals surface area contributed by atoms with E-state index in [9.17, 15) is 18.4 Å². The van der Waals surface area contributed by atoms with E-state index in [-0.39, 0.29) is 11.6 Å². The van der Waals surface area contributed by atoms with Crippen LogP contribution in [0.15, 0.2) is 18.2 Å². The van der Waals surface area contributed by atoms with Gasteiger partial charge < -0.3 is 15.1 Å². The quantitative estimate of drug-likeness (QED) is 0.926. The zero-order valence-electron chi connectivity index (χ0n) is 12.4. The van der Waals surface area contributed by atoms with E-state index < -0.39 is 17.5 Å². The Morgan fingerprint density at radius 1 is 1.14 bits per heavy atom. The molecule has 1 N–H and O–H groups in total. The Morgan fingerprint density at radius 2 is 1.77 bits per heavy atom. The van der Waals surface area contributed by atoms with Crippen molar-refractivity contribution >= 4 is 11.9 Å². The van der Waals surface area contributed by atoms with Gasteiger partial charge in [-0.25, -0.2) is 13.6 Å². The highest BCUT2D eigenvalue weighted by atomic mass is 19.1. The summed E-state index contributed by atoms with van der Waals surface area (Å²) in [5.41, 5.74) is -0.148. The number of benzene rings is 1. The highest BCUT2D eigenvalue weighted by molar-refractivity contribution is 5.94. The highest BCUT2D eigenvalue weighted by Gasteiger charge is 2.26. The summed E-state index contributed by atoms with van der Waals surface area (Å²) >= 11 is 0. The number of hydrogen-bond donors (Lipinski definition) is 1. The summed E-state index contributed by atoms with van der Waals surface area (Å²) in [7, 11) is 0. The Hall–Kier alpha value is -2.18. The molecular formula is C15H19F2N3O2. The van der Waals surface area contributed by atoms with Crippen LogP contribution in [0.1, 0.15) is 23.7 Å². The lowest BCUT2D eigenvalue weighted by molar-refractivity contribution is 0.0660. The molecule has 5 nitrogen and oxygen atoms in total. The molecule has 3 amide bonds. The van der Waals surface area contributed by atoms with Gasteiger partial charge in [0.05, 0.1) is 5.56 Å².